The van der Waals surface area contributed by atoms with Crippen LogP contribution in [0.2, 0.25) is 0 Å². The third-order valence-electron chi connectivity index (χ3n) is 2.77. The van der Waals surface area contributed by atoms with Crippen LogP contribution in [0.4, 0.5) is 0 Å². The number of amides is 2. The van der Waals surface area contributed by atoms with Crippen LogP contribution in [0.3, 0.4) is 0 Å². The van der Waals surface area contributed by atoms with Gasteiger partial charge in [0.1, 0.15) is 0 Å². The van der Waals surface area contributed by atoms with Gasteiger partial charge >= 0.3 is 0 Å². The molecule has 1 N–H and O–H groups in total. The van der Waals surface area contributed by atoms with Gasteiger partial charge in [-0.05, 0) is 31.0 Å². The van der Waals surface area contributed by atoms with E-state index in [-0.39, 0.29) is 18.4 Å². The first kappa shape index (κ1) is 14.0. The molecule has 5 nitrogen and oxygen atoms in total. The van der Waals surface area contributed by atoms with Crippen molar-refractivity contribution in [3.63, 3.8) is 0 Å². The van der Waals surface area contributed by atoms with Gasteiger partial charge in [0.25, 0.3) is 11.8 Å². The second-order valence-corrected chi connectivity index (χ2v) is 5.14. The van der Waals surface area contributed by atoms with Crippen LogP contribution in [0.15, 0.2) is 28.7 Å². The van der Waals surface area contributed by atoms with Crippen molar-refractivity contribution in [2.75, 3.05) is 19.7 Å². The number of hydrogen-bond acceptors (Lipinski definition) is 3. The summed E-state index contributed by atoms with van der Waals surface area (Å²) in [5.74, 6) is -0.491. The van der Waals surface area contributed by atoms with Gasteiger partial charge < -0.3 is 5.32 Å². The van der Waals surface area contributed by atoms with Crippen molar-refractivity contribution in [1.82, 2.24) is 10.4 Å². The first-order valence-corrected chi connectivity index (χ1v) is 6.93. The van der Waals surface area contributed by atoms with Gasteiger partial charge in [-0.2, -0.15) is 0 Å². The number of carbonyl (C=O) groups is 2. The van der Waals surface area contributed by atoms with Crippen LogP contribution in [0.5, 0.6) is 0 Å². The minimum atomic E-state index is -0.272. The van der Waals surface area contributed by atoms with E-state index in [4.69, 9.17) is 4.84 Å². The van der Waals surface area contributed by atoms with Gasteiger partial charge in [0.15, 0.2) is 0 Å². The average Bonchev–Trinajstić information content (AvgIpc) is 2.45. The van der Waals surface area contributed by atoms with Crippen molar-refractivity contribution in [2.45, 2.75) is 12.8 Å². The number of hydrogen-bond donors (Lipinski definition) is 1. The first-order valence-electron chi connectivity index (χ1n) is 6.14. The molecule has 102 valence electrons. The summed E-state index contributed by atoms with van der Waals surface area (Å²) >= 11 is 3.30. The molecule has 1 aromatic rings. The summed E-state index contributed by atoms with van der Waals surface area (Å²) in [5.41, 5.74) is 0.515. The Labute approximate surface area is 120 Å². The zero-order chi connectivity index (χ0) is 13.7. The van der Waals surface area contributed by atoms with Gasteiger partial charge in [-0.3, -0.25) is 14.4 Å². The fourth-order valence-electron chi connectivity index (χ4n) is 1.77. The summed E-state index contributed by atoms with van der Waals surface area (Å²) in [6.07, 6.45) is 1.90. The molecule has 1 heterocycles. The number of rotatable bonds is 3. The van der Waals surface area contributed by atoms with Crippen LogP contribution in [-0.4, -0.2) is 36.6 Å². The van der Waals surface area contributed by atoms with Gasteiger partial charge in [-0.15, -0.1) is 0 Å². The average molecular weight is 327 g/mol. The lowest BCUT2D eigenvalue weighted by molar-refractivity contribution is -0.195. The predicted octanol–water partition coefficient (Wildman–Crippen LogP) is 1.73. The summed E-state index contributed by atoms with van der Waals surface area (Å²) in [5, 5.41) is 3.92. The molecule has 1 fully saturated rings. The lowest BCUT2D eigenvalue weighted by Gasteiger charge is -2.25. The fourth-order valence-corrected chi connectivity index (χ4v) is 2.17. The van der Waals surface area contributed by atoms with Crippen LogP contribution in [-0.2, 0) is 9.63 Å². The van der Waals surface area contributed by atoms with E-state index in [2.05, 4.69) is 21.2 Å². The number of benzene rings is 1. The summed E-state index contributed by atoms with van der Waals surface area (Å²) < 4.78 is 0.825. The monoisotopic (exact) mass is 326 g/mol. The summed E-state index contributed by atoms with van der Waals surface area (Å²) in [6, 6.07) is 7.01. The molecular formula is C13H15BrN2O3. The number of hydroxylamine groups is 2. The molecule has 0 aromatic heterocycles. The third kappa shape index (κ3) is 4.04. The highest BCUT2D eigenvalue weighted by Gasteiger charge is 2.18. The van der Waals surface area contributed by atoms with Gasteiger partial charge in [0.2, 0.25) is 0 Å². The highest BCUT2D eigenvalue weighted by molar-refractivity contribution is 9.10. The van der Waals surface area contributed by atoms with E-state index in [0.717, 1.165) is 17.3 Å². The van der Waals surface area contributed by atoms with Crippen molar-refractivity contribution in [3.05, 3.63) is 34.3 Å². The van der Waals surface area contributed by atoms with Crippen molar-refractivity contribution in [3.8, 4) is 0 Å². The second-order valence-electron chi connectivity index (χ2n) is 4.23. The zero-order valence-corrected chi connectivity index (χ0v) is 12.0. The first-order chi connectivity index (χ1) is 9.16. The Hall–Kier alpha value is -1.40. The van der Waals surface area contributed by atoms with E-state index >= 15 is 0 Å². The molecule has 0 atom stereocenters. The molecule has 2 amide bonds. The van der Waals surface area contributed by atoms with E-state index in [1.54, 1.807) is 18.2 Å². The quantitative estimate of drug-likeness (QED) is 0.920. The molecule has 0 bridgehead atoms. The van der Waals surface area contributed by atoms with Crippen molar-refractivity contribution >= 4 is 27.7 Å². The molecule has 6 heteroatoms. The summed E-state index contributed by atoms with van der Waals surface area (Å²) in [7, 11) is 0. The maximum Gasteiger partial charge on any atom is 0.265 e. The topological polar surface area (TPSA) is 58.6 Å². The predicted molar refractivity (Wildman–Crippen MR) is 73.4 cm³/mol. The smallest absolute Gasteiger partial charge is 0.265 e. The van der Waals surface area contributed by atoms with E-state index in [1.807, 2.05) is 6.07 Å². The summed E-state index contributed by atoms with van der Waals surface area (Å²) in [6.45, 7) is 1.10. The molecule has 0 unspecified atom stereocenters. The van der Waals surface area contributed by atoms with Crippen LogP contribution >= 0.6 is 15.9 Å². The lowest BCUT2D eigenvalue weighted by atomic mass is 10.2. The molecule has 19 heavy (non-hydrogen) atoms. The normalized spacial score (nSPS) is 15.1. The van der Waals surface area contributed by atoms with Gasteiger partial charge in [-0.25, -0.2) is 5.06 Å². The molecule has 0 radical (unpaired) electrons. The Kier molecular flexibility index (Phi) is 4.93. The number of nitrogens with one attached hydrogen (secondary N) is 1. The van der Waals surface area contributed by atoms with Gasteiger partial charge in [-0.1, -0.05) is 22.0 Å². The molecule has 0 spiro atoms. The maximum atomic E-state index is 11.8. The molecular weight excluding hydrogens is 312 g/mol. The van der Waals surface area contributed by atoms with Crippen LogP contribution in [0.25, 0.3) is 0 Å². The Morgan fingerprint density at radius 2 is 2.21 bits per heavy atom. The number of halogens is 1. The van der Waals surface area contributed by atoms with Crippen LogP contribution in [0, 0.1) is 0 Å². The Morgan fingerprint density at radius 3 is 2.89 bits per heavy atom. The van der Waals surface area contributed by atoms with E-state index < -0.39 is 0 Å². The maximum absolute atomic E-state index is 11.8. The van der Waals surface area contributed by atoms with Crippen molar-refractivity contribution < 1.29 is 14.4 Å². The molecule has 1 aliphatic rings. The van der Waals surface area contributed by atoms with Crippen LogP contribution < -0.4 is 5.32 Å². The standard InChI is InChI=1S/C13H15BrN2O3/c14-11-5-3-4-10(8-11)13(18)15-9-12(17)16-6-1-2-7-19-16/h3-5,8H,1-2,6-7,9H2,(H,15,18). The highest BCUT2D eigenvalue weighted by Crippen LogP contribution is 2.11. The fraction of sp³-hybridized carbons (Fsp3) is 0.385. The Morgan fingerprint density at radius 1 is 1.37 bits per heavy atom. The van der Waals surface area contributed by atoms with Gasteiger partial charge in [0, 0.05) is 16.6 Å². The largest absolute Gasteiger partial charge is 0.343 e. The lowest BCUT2D eigenvalue weighted by Crippen LogP contribution is -2.42. The minimum absolute atomic E-state index is 0.0503. The molecule has 0 aliphatic carbocycles. The minimum Gasteiger partial charge on any atom is -0.343 e. The van der Waals surface area contributed by atoms with E-state index in [1.165, 1.54) is 5.06 Å². The Bertz CT molecular complexity index is 473. The van der Waals surface area contributed by atoms with Crippen molar-refractivity contribution in [2.24, 2.45) is 0 Å². The van der Waals surface area contributed by atoms with Crippen LogP contribution in [0.1, 0.15) is 23.2 Å². The molecule has 0 saturated carbocycles. The van der Waals surface area contributed by atoms with E-state index in [9.17, 15) is 9.59 Å². The molecule has 1 aliphatic heterocycles. The number of nitrogens with zero attached hydrogens (tertiary/aromatic N) is 1. The molecule has 1 saturated heterocycles. The number of carbonyl (C=O) groups excluding carboxylic acids is 2. The Balaban J connectivity index is 1.84. The molecule has 1 aromatic carbocycles. The third-order valence-corrected chi connectivity index (χ3v) is 3.26. The van der Waals surface area contributed by atoms with Gasteiger partial charge in [0.05, 0.1) is 13.2 Å². The SMILES string of the molecule is O=C(NCC(=O)N1CCCCO1)c1cccc(Br)c1. The highest BCUT2D eigenvalue weighted by atomic mass is 79.9. The second kappa shape index (κ2) is 6.68. The van der Waals surface area contributed by atoms with Crippen molar-refractivity contribution in [1.29, 1.82) is 0 Å². The van der Waals surface area contributed by atoms with E-state index in [0.29, 0.717) is 18.7 Å². The zero-order valence-electron chi connectivity index (χ0n) is 10.4. The molecule has 2 rings (SSSR count). The summed E-state index contributed by atoms with van der Waals surface area (Å²) in [4.78, 5) is 28.8.